The molecule has 0 aromatic carbocycles. The average Bonchev–Trinajstić information content (AvgIpc) is 2.97. The average molecular weight is 272 g/mol. The van der Waals surface area contributed by atoms with Crippen molar-refractivity contribution in [1.29, 1.82) is 0 Å². The van der Waals surface area contributed by atoms with E-state index in [-0.39, 0.29) is 0 Å². The first-order valence-electron chi connectivity index (χ1n) is 5.73. The van der Waals surface area contributed by atoms with Gasteiger partial charge in [0.05, 0.1) is 11.4 Å². The maximum Gasteiger partial charge on any atom is 0.203 e. The fourth-order valence-electron chi connectivity index (χ4n) is 1.89. The molecule has 0 radical (unpaired) electrons. The number of aromatic nitrogens is 5. The molecule has 0 fully saturated rings. The number of nitrogens with two attached hydrogens (primary N) is 1. The molecule has 0 saturated carbocycles. The third-order valence-electron chi connectivity index (χ3n) is 2.70. The Kier molecular flexibility index (Phi) is 2.96. The number of nitrogen functional groups attached to an aromatic ring is 1. The summed E-state index contributed by atoms with van der Waals surface area (Å²) in [5, 5.41) is 13.6. The number of rotatable bonds is 3. The largest absolute Gasteiger partial charge is 0.374 e. The molecule has 0 amide bonds. The first-order chi connectivity index (χ1) is 9.22. The van der Waals surface area contributed by atoms with Crippen LogP contribution in [0.25, 0.3) is 11.3 Å². The summed E-state index contributed by atoms with van der Waals surface area (Å²) in [5.41, 5.74) is 8.58. The van der Waals surface area contributed by atoms with Gasteiger partial charge in [-0.2, -0.15) is 5.10 Å². The van der Waals surface area contributed by atoms with E-state index in [4.69, 9.17) is 5.73 Å². The van der Waals surface area contributed by atoms with Crippen molar-refractivity contribution in [3.63, 3.8) is 0 Å². The van der Waals surface area contributed by atoms with E-state index in [1.807, 2.05) is 36.1 Å². The number of nitrogens with zero attached hydrogens (tertiary/aromatic N) is 5. The van der Waals surface area contributed by atoms with Crippen LogP contribution in [0.2, 0.25) is 0 Å². The molecule has 0 unspecified atom stereocenters. The maximum absolute atomic E-state index is 5.57. The maximum atomic E-state index is 5.57. The molecule has 3 aromatic rings. The molecule has 96 valence electrons. The molecule has 0 aliphatic rings. The van der Waals surface area contributed by atoms with Crippen molar-refractivity contribution in [2.45, 2.75) is 6.42 Å². The van der Waals surface area contributed by atoms with Gasteiger partial charge in [0.2, 0.25) is 5.13 Å². The molecule has 3 heterocycles. The van der Waals surface area contributed by atoms with Gasteiger partial charge in [-0.3, -0.25) is 9.67 Å². The molecule has 0 spiro atoms. The minimum absolute atomic E-state index is 0.485. The van der Waals surface area contributed by atoms with Crippen molar-refractivity contribution in [1.82, 2.24) is 25.0 Å². The van der Waals surface area contributed by atoms with Crippen molar-refractivity contribution >= 4 is 16.5 Å². The lowest BCUT2D eigenvalue weighted by molar-refractivity contribution is 0.754. The van der Waals surface area contributed by atoms with Crippen LogP contribution in [0.1, 0.15) is 10.7 Å². The molecule has 7 heteroatoms. The molecule has 0 aliphatic heterocycles. The van der Waals surface area contributed by atoms with E-state index in [1.54, 1.807) is 6.20 Å². The number of anilines is 1. The van der Waals surface area contributed by atoms with Crippen LogP contribution in [0.5, 0.6) is 0 Å². The molecule has 0 atom stereocenters. The predicted molar refractivity (Wildman–Crippen MR) is 73.6 cm³/mol. The summed E-state index contributed by atoms with van der Waals surface area (Å²) in [6.45, 7) is 0. The highest BCUT2D eigenvalue weighted by Crippen LogP contribution is 2.21. The Balaban J connectivity index is 1.89. The molecule has 3 rings (SSSR count). The minimum atomic E-state index is 0.485. The molecule has 0 saturated heterocycles. The zero-order valence-electron chi connectivity index (χ0n) is 10.3. The summed E-state index contributed by atoms with van der Waals surface area (Å²) in [4.78, 5) is 4.12. The second-order valence-corrected chi connectivity index (χ2v) is 5.19. The molecule has 6 nitrogen and oxygen atoms in total. The highest BCUT2D eigenvalue weighted by atomic mass is 32.1. The van der Waals surface area contributed by atoms with E-state index in [0.717, 1.165) is 22.0 Å². The van der Waals surface area contributed by atoms with E-state index in [9.17, 15) is 0 Å². The van der Waals surface area contributed by atoms with Crippen molar-refractivity contribution in [2.24, 2.45) is 7.05 Å². The SMILES string of the molecule is Cn1nc(Cc2nnc(N)s2)cc1-c1cccnc1. The van der Waals surface area contributed by atoms with E-state index >= 15 is 0 Å². The Bertz CT molecular complexity index is 687. The number of hydrogen-bond donors (Lipinski definition) is 1. The van der Waals surface area contributed by atoms with Gasteiger partial charge in [-0.1, -0.05) is 11.3 Å². The molecular formula is C12H12N6S. The topological polar surface area (TPSA) is 82.5 Å². The van der Waals surface area contributed by atoms with Crippen LogP contribution in [-0.4, -0.2) is 25.0 Å². The van der Waals surface area contributed by atoms with Crippen LogP contribution in [0.4, 0.5) is 5.13 Å². The Labute approximate surface area is 113 Å². The summed E-state index contributed by atoms with van der Waals surface area (Å²) in [7, 11) is 1.92. The Hall–Kier alpha value is -2.28. The fourth-order valence-corrected chi connectivity index (χ4v) is 2.52. The Morgan fingerprint density at radius 1 is 1.37 bits per heavy atom. The Morgan fingerprint density at radius 3 is 2.95 bits per heavy atom. The zero-order valence-corrected chi connectivity index (χ0v) is 11.1. The van der Waals surface area contributed by atoms with Gasteiger partial charge in [-0.15, -0.1) is 10.2 Å². The lowest BCUT2D eigenvalue weighted by Gasteiger charge is -1.99. The molecule has 0 aliphatic carbocycles. The summed E-state index contributed by atoms with van der Waals surface area (Å²) < 4.78 is 1.84. The third-order valence-corrected chi connectivity index (χ3v) is 3.45. The molecular weight excluding hydrogens is 260 g/mol. The quantitative estimate of drug-likeness (QED) is 0.781. The summed E-state index contributed by atoms with van der Waals surface area (Å²) in [5.74, 6) is 0. The lowest BCUT2D eigenvalue weighted by Crippen LogP contribution is -1.95. The second-order valence-electron chi connectivity index (χ2n) is 4.10. The Morgan fingerprint density at radius 2 is 2.26 bits per heavy atom. The van der Waals surface area contributed by atoms with Crippen molar-refractivity contribution in [3.05, 3.63) is 41.3 Å². The van der Waals surface area contributed by atoms with Crippen LogP contribution in [-0.2, 0) is 13.5 Å². The summed E-state index contributed by atoms with van der Waals surface area (Å²) in [6, 6.07) is 5.96. The van der Waals surface area contributed by atoms with E-state index in [2.05, 4.69) is 20.3 Å². The lowest BCUT2D eigenvalue weighted by atomic mass is 10.2. The minimum Gasteiger partial charge on any atom is -0.374 e. The first kappa shape index (κ1) is 11.8. The molecule has 3 aromatic heterocycles. The highest BCUT2D eigenvalue weighted by Gasteiger charge is 2.10. The van der Waals surface area contributed by atoms with Gasteiger partial charge >= 0.3 is 0 Å². The fraction of sp³-hybridized carbons (Fsp3) is 0.167. The van der Waals surface area contributed by atoms with Crippen LogP contribution < -0.4 is 5.73 Å². The van der Waals surface area contributed by atoms with Gasteiger partial charge in [0.15, 0.2) is 0 Å². The van der Waals surface area contributed by atoms with Gasteiger partial charge in [-0.25, -0.2) is 0 Å². The van der Waals surface area contributed by atoms with Gasteiger partial charge in [0.25, 0.3) is 0 Å². The molecule has 0 bridgehead atoms. The highest BCUT2D eigenvalue weighted by molar-refractivity contribution is 7.15. The predicted octanol–water partition coefficient (Wildman–Crippen LogP) is 1.51. The summed E-state index contributed by atoms with van der Waals surface area (Å²) >= 11 is 1.39. The van der Waals surface area contributed by atoms with Crippen LogP contribution in [0.3, 0.4) is 0 Å². The van der Waals surface area contributed by atoms with Gasteiger partial charge < -0.3 is 5.73 Å². The molecule has 19 heavy (non-hydrogen) atoms. The smallest absolute Gasteiger partial charge is 0.203 e. The van der Waals surface area contributed by atoms with Crippen LogP contribution in [0.15, 0.2) is 30.6 Å². The van der Waals surface area contributed by atoms with Crippen molar-refractivity contribution < 1.29 is 0 Å². The standard InChI is InChI=1S/C12H12N6S/c1-18-10(8-3-2-4-14-7-8)5-9(17-18)6-11-15-16-12(13)19-11/h2-5,7H,6H2,1H3,(H2,13,16). The van der Waals surface area contributed by atoms with Crippen molar-refractivity contribution in [3.8, 4) is 11.3 Å². The monoisotopic (exact) mass is 272 g/mol. The zero-order chi connectivity index (χ0) is 13.2. The number of pyridine rings is 1. The normalized spacial score (nSPS) is 10.8. The first-order valence-corrected chi connectivity index (χ1v) is 6.55. The number of aryl methyl sites for hydroxylation is 1. The summed E-state index contributed by atoms with van der Waals surface area (Å²) in [6.07, 6.45) is 4.22. The van der Waals surface area contributed by atoms with E-state index in [1.165, 1.54) is 11.3 Å². The van der Waals surface area contributed by atoms with Gasteiger partial charge in [0, 0.05) is 31.4 Å². The van der Waals surface area contributed by atoms with Crippen molar-refractivity contribution in [2.75, 3.05) is 5.73 Å². The van der Waals surface area contributed by atoms with Crippen LogP contribution in [0, 0.1) is 0 Å². The molecule has 2 N–H and O–H groups in total. The van der Waals surface area contributed by atoms with Gasteiger partial charge in [0.1, 0.15) is 5.01 Å². The number of hydrogen-bond acceptors (Lipinski definition) is 6. The van der Waals surface area contributed by atoms with Gasteiger partial charge in [-0.05, 0) is 18.2 Å². The van der Waals surface area contributed by atoms with E-state index < -0.39 is 0 Å². The van der Waals surface area contributed by atoms with E-state index in [0.29, 0.717) is 11.6 Å². The second kappa shape index (κ2) is 4.77. The van der Waals surface area contributed by atoms with Crippen LogP contribution >= 0.6 is 11.3 Å². The third kappa shape index (κ3) is 2.45.